The van der Waals surface area contributed by atoms with E-state index in [9.17, 15) is 4.39 Å². The van der Waals surface area contributed by atoms with Gasteiger partial charge in [0, 0.05) is 11.5 Å². The summed E-state index contributed by atoms with van der Waals surface area (Å²) in [5, 5.41) is 2.44. The second-order valence-electron chi connectivity index (χ2n) is 5.91. The van der Waals surface area contributed by atoms with Crippen LogP contribution in [-0.2, 0) is 5.54 Å². The molecule has 0 saturated heterocycles. The Balaban J connectivity index is 1.70. The van der Waals surface area contributed by atoms with Crippen molar-refractivity contribution in [3.63, 3.8) is 0 Å². The van der Waals surface area contributed by atoms with Crippen LogP contribution in [0.2, 0.25) is 0 Å². The Bertz CT molecular complexity index is 809. The molecule has 0 amide bonds. The predicted molar refractivity (Wildman–Crippen MR) is 83.6 cm³/mol. The highest BCUT2D eigenvalue weighted by molar-refractivity contribution is 5.83. The summed E-state index contributed by atoms with van der Waals surface area (Å²) in [5.74, 6) is 0.0759. The maximum atomic E-state index is 13.0. The number of nitrogens with two attached hydrogens (primary N) is 1. The minimum absolute atomic E-state index is 0.201. The molecule has 1 saturated carbocycles. The van der Waals surface area contributed by atoms with E-state index in [0.29, 0.717) is 0 Å². The summed E-state index contributed by atoms with van der Waals surface area (Å²) < 4.78 is 13.0. The summed E-state index contributed by atoms with van der Waals surface area (Å²) >= 11 is 0. The highest BCUT2D eigenvalue weighted by Crippen LogP contribution is 2.56. The van der Waals surface area contributed by atoms with Gasteiger partial charge in [0.25, 0.3) is 0 Å². The molecular weight excluding hydrogens is 261 g/mol. The molecule has 1 fully saturated rings. The molecule has 21 heavy (non-hydrogen) atoms. The summed E-state index contributed by atoms with van der Waals surface area (Å²) in [4.78, 5) is 0. The fourth-order valence-electron chi connectivity index (χ4n) is 3.19. The molecule has 3 aromatic carbocycles. The van der Waals surface area contributed by atoms with Crippen molar-refractivity contribution < 1.29 is 4.39 Å². The maximum Gasteiger partial charge on any atom is 0.123 e. The van der Waals surface area contributed by atoms with Crippen molar-refractivity contribution in [3.8, 4) is 0 Å². The molecule has 0 heterocycles. The Morgan fingerprint density at radius 3 is 2.38 bits per heavy atom. The quantitative estimate of drug-likeness (QED) is 0.741. The van der Waals surface area contributed by atoms with E-state index < -0.39 is 0 Å². The summed E-state index contributed by atoms with van der Waals surface area (Å²) in [6.07, 6.45) is 0.914. The Morgan fingerprint density at radius 2 is 1.62 bits per heavy atom. The van der Waals surface area contributed by atoms with Crippen LogP contribution in [0.25, 0.3) is 10.8 Å². The van der Waals surface area contributed by atoms with Gasteiger partial charge in [0.05, 0.1) is 0 Å². The lowest BCUT2D eigenvalue weighted by atomic mass is 9.97. The molecule has 0 radical (unpaired) electrons. The molecular formula is C19H16FN. The first-order valence-corrected chi connectivity index (χ1v) is 7.20. The number of fused-ring (bicyclic) bond motifs is 1. The van der Waals surface area contributed by atoms with Gasteiger partial charge in [0.2, 0.25) is 0 Å². The molecule has 3 aromatic rings. The van der Waals surface area contributed by atoms with Crippen LogP contribution in [0.3, 0.4) is 0 Å². The summed E-state index contributed by atoms with van der Waals surface area (Å²) in [5.41, 5.74) is 8.54. The van der Waals surface area contributed by atoms with Crippen molar-refractivity contribution in [1.29, 1.82) is 0 Å². The minimum Gasteiger partial charge on any atom is -0.321 e. The summed E-state index contributed by atoms with van der Waals surface area (Å²) in [6, 6.07) is 21.4. The molecule has 4 rings (SSSR count). The van der Waals surface area contributed by atoms with Crippen LogP contribution in [0.5, 0.6) is 0 Å². The number of halogens is 1. The fourth-order valence-corrected chi connectivity index (χ4v) is 3.19. The van der Waals surface area contributed by atoms with Crippen LogP contribution in [0.4, 0.5) is 4.39 Å². The van der Waals surface area contributed by atoms with Crippen LogP contribution >= 0.6 is 0 Å². The third kappa shape index (κ3) is 2.03. The largest absolute Gasteiger partial charge is 0.321 e. The standard InChI is InChI=1S/C19H16FN/c20-17-9-6-14(7-10-17)18-12-19(18,21)16-8-5-13-3-1-2-4-15(13)11-16/h1-11,18H,12,21H2. The third-order valence-corrected chi connectivity index (χ3v) is 4.56. The molecule has 2 unspecified atom stereocenters. The molecule has 2 N–H and O–H groups in total. The second kappa shape index (κ2) is 4.40. The van der Waals surface area contributed by atoms with Gasteiger partial charge in [0.1, 0.15) is 5.82 Å². The lowest BCUT2D eigenvalue weighted by molar-refractivity contribution is 0.626. The molecule has 0 aliphatic heterocycles. The van der Waals surface area contributed by atoms with Gasteiger partial charge in [-0.3, -0.25) is 0 Å². The molecule has 1 aliphatic rings. The van der Waals surface area contributed by atoms with Gasteiger partial charge in [-0.1, -0.05) is 48.5 Å². The first kappa shape index (κ1) is 12.5. The van der Waals surface area contributed by atoms with Crippen LogP contribution in [0, 0.1) is 5.82 Å². The van der Waals surface area contributed by atoms with Crippen molar-refractivity contribution in [2.24, 2.45) is 5.73 Å². The van der Waals surface area contributed by atoms with Gasteiger partial charge in [-0.25, -0.2) is 4.39 Å². The minimum atomic E-state index is -0.318. The van der Waals surface area contributed by atoms with Crippen molar-refractivity contribution in [1.82, 2.24) is 0 Å². The number of hydrogen-bond acceptors (Lipinski definition) is 1. The van der Waals surface area contributed by atoms with Crippen molar-refractivity contribution in [3.05, 3.63) is 83.7 Å². The molecule has 2 atom stereocenters. The maximum absolute atomic E-state index is 13.0. The van der Waals surface area contributed by atoms with E-state index in [1.807, 2.05) is 24.3 Å². The normalized spacial score (nSPS) is 24.2. The van der Waals surface area contributed by atoms with Crippen molar-refractivity contribution in [2.75, 3.05) is 0 Å². The number of hydrogen-bond donors (Lipinski definition) is 1. The number of rotatable bonds is 2. The van der Waals surface area contributed by atoms with E-state index in [-0.39, 0.29) is 17.3 Å². The van der Waals surface area contributed by atoms with E-state index in [1.165, 1.54) is 22.9 Å². The Morgan fingerprint density at radius 1 is 0.905 bits per heavy atom. The molecule has 0 aromatic heterocycles. The van der Waals surface area contributed by atoms with Gasteiger partial charge in [0.15, 0.2) is 0 Å². The summed E-state index contributed by atoms with van der Waals surface area (Å²) in [6.45, 7) is 0. The van der Waals surface area contributed by atoms with E-state index in [4.69, 9.17) is 5.73 Å². The Kier molecular flexibility index (Phi) is 2.63. The molecule has 0 spiro atoms. The average Bonchev–Trinajstić information content (AvgIpc) is 3.21. The van der Waals surface area contributed by atoms with Gasteiger partial charge in [-0.15, -0.1) is 0 Å². The first-order chi connectivity index (χ1) is 10.2. The van der Waals surface area contributed by atoms with Gasteiger partial charge in [-0.05, 0) is 46.5 Å². The van der Waals surface area contributed by atoms with Crippen LogP contribution in [0.1, 0.15) is 23.5 Å². The molecule has 0 bridgehead atoms. The zero-order valence-corrected chi connectivity index (χ0v) is 11.6. The van der Waals surface area contributed by atoms with Crippen molar-refractivity contribution in [2.45, 2.75) is 17.9 Å². The van der Waals surface area contributed by atoms with Gasteiger partial charge in [-0.2, -0.15) is 0 Å². The van der Waals surface area contributed by atoms with E-state index in [1.54, 1.807) is 0 Å². The van der Waals surface area contributed by atoms with Gasteiger partial charge < -0.3 is 5.73 Å². The summed E-state index contributed by atoms with van der Waals surface area (Å²) in [7, 11) is 0. The SMILES string of the molecule is NC1(c2ccc3ccccc3c2)CC1c1ccc(F)cc1. The highest BCUT2D eigenvalue weighted by Gasteiger charge is 2.52. The zero-order chi connectivity index (χ0) is 14.4. The molecule has 1 nitrogen and oxygen atoms in total. The second-order valence-corrected chi connectivity index (χ2v) is 5.91. The first-order valence-electron chi connectivity index (χ1n) is 7.20. The molecule has 104 valence electrons. The smallest absolute Gasteiger partial charge is 0.123 e. The molecule has 1 aliphatic carbocycles. The van der Waals surface area contributed by atoms with Crippen LogP contribution in [-0.4, -0.2) is 0 Å². The monoisotopic (exact) mass is 277 g/mol. The zero-order valence-electron chi connectivity index (χ0n) is 11.6. The lowest BCUT2D eigenvalue weighted by Crippen LogP contribution is -2.21. The van der Waals surface area contributed by atoms with E-state index >= 15 is 0 Å². The van der Waals surface area contributed by atoms with E-state index in [2.05, 4.69) is 30.3 Å². The lowest BCUT2D eigenvalue weighted by Gasteiger charge is -2.13. The Hall–Kier alpha value is -2.19. The number of benzene rings is 3. The average molecular weight is 277 g/mol. The predicted octanol–water partition coefficient (Wildman–Crippen LogP) is 4.32. The van der Waals surface area contributed by atoms with Crippen LogP contribution in [0.15, 0.2) is 66.7 Å². The van der Waals surface area contributed by atoms with E-state index in [0.717, 1.165) is 17.5 Å². The van der Waals surface area contributed by atoms with Crippen molar-refractivity contribution >= 4 is 10.8 Å². The van der Waals surface area contributed by atoms with Gasteiger partial charge >= 0.3 is 0 Å². The topological polar surface area (TPSA) is 26.0 Å². The molecule has 2 heteroatoms. The van der Waals surface area contributed by atoms with Crippen LogP contribution < -0.4 is 5.73 Å². The Labute approximate surface area is 123 Å². The highest BCUT2D eigenvalue weighted by atomic mass is 19.1. The fraction of sp³-hybridized carbons (Fsp3) is 0.158. The third-order valence-electron chi connectivity index (χ3n) is 4.56.